The molecule has 0 aliphatic rings. The fourth-order valence-electron chi connectivity index (χ4n) is 1.98. The van der Waals surface area contributed by atoms with Crippen molar-refractivity contribution < 1.29 is 9.53 Å². The van der Waals surface area contributed by atoms with E-state index in [1.54, 1.807) is 13.0 Å². The highest BCUT2D eigenvalue weighted by Gasteiger charge is 2.19. The van der Waals surface area contributed by atoms with Gasteiger partial charge in [0.15, 0.2) is 0 Å². The van der Waals surface area contributed by atoms with E-state index in [1.165, 1.54) is 17.7 Å². The number of methoxy groups -OCH3 is 1. The number of esters is 1. The first-order valence-corrected chi connectivity index (χ1v) is 7.17. The summed E-state index contributed by atoms with van der Waals surface area (Å²) in [6.07, 6.45) is 0. The number of carbonyl (C=O) groups excluding carboxylic acids is 1. The van der Waals surface area contributed by atoms with E-state index in [4.69, 9.17) is 16.3 Å². The highest BCUT2D eigenvalue weighted by Crippen LogP contribution is 2.21. The molecule has 20 heavy (non-hydrogen) atoms. The second kappa shape index (κ2) is 5.97. The van der Waals surface area contributed by atoms with Gasteiger partial charge in [-0.05, 0) is 47.7 Å². The summed E-state index contributed by atoms with van der Waals surface area (Å²) in [5.41, 5.74) is 1.05. The lowest BCUT2D eigenvalue weighted by molar-refractivity contribution is 0.0599. The van der Waals surface area contributed by atoms with Crippen LogP contribution < -0.4 is 5.56 Å². The zero-order chi connectivity index (χ0) is 14.9. The van der Waals surface area contributed by atoms with Crippen molar-refractivity contribution in [3.63, 3.8) is 0 Å². The van der Waals surface area contributed by atoms with E-state index in [2.05, 4.69) is 22.6 Å². The van der Waals surface area contributed by atoms with Crippen LogP contribution in [0.2, 0.25) is 5.02 Å². The van der Waals surface area contributed by atoms with Crippen LogP contribution in [0.15, 0.2) is 35.1 Å². The molecule has 6 heteroatoms. The topological polar surface area (TPSA) is 48.3 Å². The van der Waals surface area contributed by atoms with E-state index in [9.17, 15) is 9.59 Å². The molecule has 4 nitrogen and oxygen atoms in total. The molecule has 0 radical (unpaired) electrons. The van der Waals surface area contributed by atoms with Gasteiger partial charge in [0.05, 0.1) is 17.7 Å². The van der Waals surface area contributed by atoms with Gasteiger partial charge in [-0.3, -0.25) is 9.36 Å². The Morgan fingerprint density at radius 1 is 1.35 bits per heavy atom. The molecular formula is C14H11ClINO3. The van der Waals surface area contributed by atoms with Crippen LogP contribution in [0.1, 0.15) is 16.1 Å². The summed E-state index contributed by atoms with van der Waals surface area (Å²) in [7, 11) is 1.28. The smallest absolute Gasteiger partial charge is 0.341 e. The predicted octanol–water partition coefficient (Wildman–Crippen LogP) is 3.19. The molecule has 0 fully saturated rings. The standard InChI is InChI=1S/C14H11ClINO3/c1-8-13(14(19)20-2)11(15)7-12(18)17(8)10-5-3-4-9(16)6-10/h3-7H,1-2H3. The first-order valence-electron chi connectivity index (χ1n) is 5.72. The average Bonchev–Trinajstić information content (AvgIpc) is 2.37. The monoisotopic (exact) mass is 403 g/mol. The number of aromatic nitrogens is 1. The average molecular weight is 404 g/mol. The maximum absolute atomic E-state index is 12.2. The van der Waals surface area contributed by atoms with Crippen LogP contribution in [0.5, 0.6) is 0 Å². The molecule has 0 aliphatic heterocycles. The maximum Gasteiger partial charge on any atom is 0.341 e. The largest absolute Gasteiger partial charge is 0.465 e. The van der Waals surface area contributed by atoms with Crippen molar-refractivity contribution in [2.75, 3.05) is 7.11 Å². The molecule has 2 aromatic rings. The Hall–Kier alpha value is -1.34. The van der Waals surface area contributed by atoms with Crippen LogP contribution >= 0.6 is 34.2 Å². The van der Waals surface area contributed by atoms with Crippen LogP contribution in [0.25, 0.3) is 5.69 Å². The minimum Gasteiger partial charge on any atom is -0.465 e. The van der Waals surface area contributed by atoms with E-state index in [0.717, 1.165) is 3.57 Å². The molecule has 0 aliphatic carbocycles. The van der Waals surface area contributed by atoms with E-state index >= 15 is 0 Å². The van der Waals surface area contributed by atoms with Crippen molar-refractivity contribution in [1.82, 2.24) is 4.57 Å². The quantitative estimate of drug-likeness (QED) is 0.572. The number of nitrogens with zero attached hydrogens (tertiary/aromatic N) is 1. The van der Waals surface area contributed by atoms with Crippen molar-refractivity contribution in [1.29, 1.82) is 0 Å². The molecule has 1 aromatic heterocycles. The fourth-order valence-corrected chi connectivity index (χ4v) is 2.81. The van der Waals surface area contributed by atoms with E-state index in [0.29, 0.717) is 11.4 Å². The summed E-state index contributed by atoms with van der Waals surface area (Å²) in [4.78, 5) is 24.0. The summed E-state index contributed by atoms with van der Waals surface area (Å²) < 4.78 is 7.14. The lowest BCUT2D eigenvalue weighted by atomic mass is 10.2. The third kappa shape index (κ3) is 2.73. The van der Waals surface area contributed by atoms with Crippen molar-refractivity contribution in [2.45, 2.75) is 6.92 Å². The number of halogens is 2. The molecule has 0 saturated heterocycles. The molecule has 0 atom stereocenters. The van der Waals surface area contributed by atoms with E-state index < -0.39 is 5.97 Å². The molecule has 104 valence electrons. The molecule has 1 heterocycles. The Kier molecular flexibility index (Phi) is 4.49. The number of hydrogen-bond acceptors (Lipinski definition) is 3. The highest BCUT2D eigenvalue weighted by molar-refractivity contribution is 14.1. The van der Waals surface area contributed by atoms with Crippen LogP contribution in [0, 0.1) is 10.5 Å². The van der Waals surface area contributed by atoms with Crippen LogP contribution in [-0.4, -0.2) is 17.6 Å². The Morgan fingerprint density at radius 3 is 2.65 bits per heavy atom. The minimum absolute atomic E-state index is 0.0984. The summed E-state index contributed by atoms with van der Waals surface area (Å²) in [5.74, 6) is -0.563. The van der Waals surface area contributed by atoms with Crippen molar-refractivity contribution in [3.8, 4) is 5.69 Å². The predicted molar refractivity (Wildman–Crippen MR) is 85.8 cm³/mol. The Bertz CT molecular complexity index is 740. The summed E-state index contributed by atoms with van der Waals surface area (Å²) in [6, 6.07) is 8.63. The van der Waals surface area contributed by atoms with Gasteiger partial charge in [-0.15, -0.1) is 0 Å². The third-order valence-electron chi connectivity index (χ3n) is 2.86. The van der Waals surface area contributed by atoms with Gasteiger partial charge < -0.3 is 4.74 Å². The lowest BCUT2D eigenvalue weighted by Gasteiger charge is -2.14. The summed E-state index contributed by atoms with van der Waals surface area (Å²) in [5, 5.41) is 0.0984. The number of pyridine rings is 1. The van der Waals surface area contributed by atoms with Crippen LogP contribution in [0.4, 0.5) is 0 Å². The summed E-state index contributed by atoms with van der Waals surface area (Å²) in [6.45, 7) is 1.67. The van der Waals surface area contributed by atoms with E-state index in [-0.39, 0.29) is 16.1 Å². The third-order valence-corrected chi connectivity index (χ3v) is 3.83. The van der Waals surface area contributed by atoms with Crippen LogP contribution in [-0.2, 0) is 4.74 Å². The number of benzene rings is 1. The highest BCUT2D eigenvalue weighted by atomic mass is 127. The van der Waals surface area contributed by atoms with Gasteiger partial charge in [0.25, 0.3) is 5.56 Å². The Morgan fingerprint density at radius 2 is 2.05 bits per heavy atom. The molecule has 2 rings (SSSR count). The number of rotatable bonds is 2. The van der Waals surface area contributed by atoms with Crippen molar-refractivity contribution >= 4 is 40.2 Å². The first-order chi connectivity index (χ1) is 9.45. The molecule has 0 bridgehead atoms. The SMILES string of the molecule is COC(=O)c1c(Cl)cc(=O)n(-c2cccc(I)c2)c1C. The first kappa shape index (κ1) is 15.1. The van der Waals surface area contributed by atoms with E-state index in [1.807, 2.05) is 18.2 Å². The summed E-state index contributed by atoms with van der Waals surface area (Å²) >= 11 is 8.14. The molecule has 0 saturated carbocycles. The van der Waals surface area contributed by atoms with Gasteiger partial charge in [0, 0.05) is 21.0 Å². The number of hydrogen-bond donors (Lipinski definition) is 0. The van der Waals surface area contributed by atoms with Gasteiger partial charge in [-0.25, -0.2) is 4.79 Å². The van der Waals surface area contributed by atoms with Crippen molar-refractivity contribution in [3.05, 3.63) is 60.5 Å². The van der Waals surface area contributed by atoms with Crippen LogP contribution in [0.3, 0.4) is 0 Å². The second-order valence-corrected chi connectivity index (χ2v) is 5.75. The van der Waals surface area contributed by atoms with Gasteiger partial charge in [0.2, 0.25) is 0 Å². The fraction of sp³-hybridized carbons (Fsp3) is 0.143. The molecule has 0 unspecified atom stereocenters. The lowest BCUT2D eigenvalue weighted by Crippen LogP contribution is -2.23. The molecule has 0 spiro atoms. The molecule has 0 amide bonds. The van der Waals surface area contributed by atoms with Gasteiger partial charge in [0.1, 0.15) is 0 Å². The van der Waals surface area contributed by atoms with Gasteiger partial charge in [-0.2, -0.15) is 0 Å². The molecular weight excluding hydrogens is 393 g/mol. The number of ether oxygens (including phenoxy) is 1. The van der Waals surface area contributed by atoms with Gasteiger partial charge in [-0.1, -0.05) is 17.7 Å². The normalized spacial score (nSPS) is 10.4. The maximum atomic E-state index is 12.2. The van der Waals surface area contributed by atoms with Crippen molar-refractivity contribution in [2.24, 2.45) is 0 Å². The Balaban J connectivity index is 2.77. The van der Waals surface area contributed by atoms with Gasteiger partial charge >= 0.3 is 5.97 Å². The Labute approximate surface area is 134 Å². The minimum atomic E-state index is -0.563. The molecule has 1 aromatic carbocycles. The molecule has 0 N–H and O–H groups in total. The second-order valence-electron chi connectivity index (χ2n) is 4.10. The zero-order valence-corrected chi connectivity index (χ0v) is 13.7. The zero-order valence-electron chi connectivity index (χ0n) is 10.8. The number of carbonyl (C=O) groups is 1.